The van der Waals surface area contributed by atoms with Crippen LogP contribution < -0.4 is 19.5 Å². The summed E-state index contributed by atoms with van der Waals surface area (Å²) in [7, 11) is 4.78. The van der Waals surface area contributed by atoms with Gasteiger partial charge in [0.05, 0.1) is 21.3 Å². The third kappa shape index (κ3) is 5.66. The number of hydrogen-bond donors (Lipinski definition) is 1. The van der Waals surface area contributed by atoms with Gasteiger partial charge in [-0.2, -0.15) is 0 Å². The normalized spacial score (nSPS) is 14.9. The van der Waals surface area contributed by atoms with Crippen LogP contribution >= 0.6 is 0 Å². The second-order valence-electron chi connectivity index (χ2n) is 7.60. The molecule has 2 aromatic carbocycles. The van der Waals surface area contributed by atoms with E-state index in [4.69, 9.17) is 14.2 Å². The minimum absolute atomic E-state index is 0.0772. The summed E-state index contributed by atoms with van der Waals surface area (Å²) >= 11 is 0. The molecule has 1 heterocycles. The number of nitrogens with zero attached hydrogens (tertiary/aromatic N) is 1. The Bertz CT molecular complexity index is 817. The number of rotatable bonds is 9. The van der Waals surface area contributed by atoms with E-state index < -0.39 is 0 Å². The van der Waals surface area contributed by atoms with Gasteiger partial charge in [-0.25, -0.2) is 0 Å². The van der Waals surface area contributed by atoms with Crippen LogP contribution in [0.4, 0.5) is 0 Å². The second-order valence-corrected chi connectivity index (χ2v) is 7.60. The van der Waals surface area contributed by atoms with Gasteiger partial charge in [0.1, 0.15) is 0 Å². The van der Waals surface area contributed by atoms with Crippen molar-refractivity contribution in [1.82, 2.24) is 10.2 Å². The van der Waals surface area contributed by atoms with Crippen LogP contribution in [0.3, 0.4) is 0 Å². The summed E-state index contributed by atoms with van der Waals surface area (Å²) in [4.78, 5) is 15.0. The number of amides is 1. The van der Waals surface area contributed by atoms with Crippen LogP contribution in [0, 0.1) is 0 Å². The van der Waals surface area contributed by atoms with Gasteiger partial charge in [0, 0.05) is 32.1 Å². The summed E-state index contributed by atoms with van der Waals surface area (Å²) < 4.78 is 16.3. The van der Waals surface area contributed by atoms with E-state index in [0.29, 0.717) is 30.1 Å². The molecule has 0 bridgehead atoms. The highest BCUT2D eigenvalue weighted by Gasteiger charge is 2.21. The monoisotopic (exact) mass is 412 g/mol. The summed E-state index contributed by atoms with van der Waals surface area (Å²) in [6.45, 7) is 2.98. The zero-order valence-corrected chi connectivity index (χ0v) is 18.1. The third-order valence-corrected chi connectivity index (χ3v) is 5.61. The van der Waals surface area contributed by atoms with Crippen molar-refractivity contribution < 1.29 is 19.0 Å². The lowest BCUT2D eigenvalue weighted by Gasteiger charge is -2.32. The van der Waals surface area contributed by atoms with E-state index in [0.717, 1.165) is 38.0 Å². The Morgan fingerprint density at radius 2 is 1.67 bits per heavy atom. The molecule has 1 fully saturated rings. The van der Waals surface area contributed by atoms with Crippen molar-refractivity contribution in [3.05, 3.63) is 53.6 Å². The molecular weight excluding hydrogens is 380 g/mol. The molecule has 0 atom stereocenters. The number of methoxy groups -OCH3 is 3. The first-order valence-corrected chi connectivity index (χ1v) is 10.5. The average Bonchev–Trinajstić information content (AvgIpc) is 2.78. The molecule has 3 rings (SSSR count). The summed E-state index contributed by atoms with van der Waals surface area (Å²) in [6, 6.07) is 14.5. The summed E-state index contributed by atoms with van der Waals surface area (Å²) in [5.41, 5.74) is 2.27. The van der Waals surface area contributed by atoms with E-state index in [1.807, 2.05) is 18.2 Å². The highest BCUT2D eigenvalue weighted by molar-refractivity contribution is 5.76. The van der Waals surface area contributed by atoms with E-state index in [1.54, 1.807) is 21.3 Å². The fourth-order valence-corrected chi connectivity index (χ4v) is 3.99. The highest BCUT2D eigenvalue weighted by Crippen LogP contribution is 2.40. The Labute approximate surface area is 179 Å². The molecule has 1 amide bonds. The minimum atomic E-state index is 0.0772. The van der Waals surface area contributed by atoms with Gasteiger partial charge >= 0.3 is 0 Å². The van der Waals surface area contributed by atoms with Crippen LogP contribution in [0.15, 0.2) is 42.5 Å². The highest BCUT2D eigenvalue weighted by atomic mass is 16.5. The predicted octanol–water partition coefficient (Wildman–Crippen LogP) is 3.43. The fourth-order valence-electron chi connectivity index (χ4n) is 3.99. The summed E-state index contributed by atoms with van der Waals surface area (Å²) in [5, 5.41) is 3.20. The van der Waals surface area contributed by atoms with E-state index in [1.165, 1.54) is 5.56 Å². The van der Waals surface area contributed by atoms with Crippen LogP contribution in [0.25, 0.3) is 0 Å². The summed E-state index contributed by atoms with van der Waals surface area (Å²) in [6.07, 6.45) is 2.97. The smallest absolute Gasteiger partial charge is 0.220 e. The van der Waals surface area contributed by atoms with E-state index in [2.05, 4.69) is 34.5 Å². The third-order valence-electron chi connectivity index (χ3n) is 5.61. The van der Waals surface area contributed by atoms with Crippen molar-refractivity contribution in [2.24, 2.45) is 0 Å². The van der Waals surface area contributed by atoms with E-state index in [9.17, 15) is 4.79 Å². The molecule has 0 spiro atoms. The molecule has 0 unspecified atom stereocenters. The minimum Gasteiger partial charge on any atom is -0.493 e. The predicted molar refractivity (Wildman–Crippen MR) is 117 cm³/mol. The lowest BCUT2D eigenvalue weighted by atomic mass is 10.0. The largest absolute Gasteiger partial charge is 0.493 e. The van der Waals surface area contributed by atoms with Crippen molar-refractivity contribution >= 4 is 5.91 Å². The molecule has 2 aromatic rings. The first-order valence-electron chi connectivity index (χ1n) is 10.5. The molecule has 1 N–H and O–H groups in total. The first-order chi connectivity index (χ1) is 14.6. The Kier molecular flexibility index (Phi) is 7.97. The molecule has 0 aliphatic carbocycles. The number of nitrogens with one attached hydrogen (secondary N) is 1. The van der Waals surface area contributed by atoms with Gasteiger partial charge in [0.25, 0.3) is 0 Å². The van der Waals surface area contributed by atoms with Gasteiger partial charge < -0.3 is 19.5 Å². The number of carbonyl (C=O) groups excluding carboxylic acids is 1. The molecule has 30 heavy (non-hydrogen) atoms. The Balaban J connectivity index is 1.47. The number of likely N-dealkylation sites (tertiary alicyclic amines) is 1. The van der Waals surface area contributed by atoms with Crippen molar-refractivity contribution in [2.75, 3.05) is 34.4 Å². The lowest BCUT2D eigenvalue weighted by Crippen LogP contribution is -2.44. The molecule has 0 aromatic heterocycles. The van der Waals surface area contributed by atoms with Gasteiger partial charge in [-0.05, 0) is 36.5 Å². The molecule has 1 saturated heterocycles. The van der Waals surface area contributed by atoms with Gasteiger partial charge in [0.2, 0.25) is 11.7 Å². The van der Waals surface area contributed by atoms with Crippen LogP contribution in [0.1, 0.15) is 30.4 Å². The van der Waals surface area contributed by atoms with Gasteiger partial charge in [0.15, 0.2) is 11.5 Å². The van der Waals surface area contributed by atoms with Crippen molar-refractivity contribution in [2.45, 2.75) is 38.3 Å². The molecule has 6 heteroatoms. The standard InChI is InChI=1S/C24H32N2O4/c1-28-21-11-9-19(23(29-2)24(21)30-3)10-12-22(27)25-20-13-15-26(16-14-20)17-18-7-5-4-6-8-18/h4-9,11,20H,10,12-17H2,1-3H3,(H,25,27). The molecule has 0 saturated carbocycles. The average molecular weight is 413 g/mol. The van der Waals surface area contributed by atoms with Crippen LogP contribution in [-0.4, -0.2) is 51.3 Å². The van der Waals surface area contributed by atoms with Crippen molar-refractivity contribution in [3.8, 4) is 17.2 Å². The second kappa shape index (κ2) is 10.9. The van der Waals surface area contributed by atoms with Crippen LogP contribution in [0.5, 0.6) is 17.2 Å². The summed E-state index contributed by atoms with van der Waals surface area (Å²) in [5.74, 6) is 1.88. The molecule has 6 nitrogen and oxygen atoms in total. The number of benzene rings is 2. The molecular formula is C24H32N2O4. The van der Waals surface area contributed by atoms with E-state index >= 15 is 0 Å². The molecule has 162 valence electrons. The zero-order chi connectivity index (χ0) is 21.3. The first kappa shape index (κ1) is 22.0. The van der Waals surface area contributed by atoms with Gasteiger partial charge in [-0.15, -0.1) is 0 Å². The van der Waals surface area contributed by atoms with E-state index in [-0.39, 0.29) is 11.9 Å². The number of hydrogen-bond acceptors (Lipinski definition) is 5. The maximum Gasteiger partial charge on any atom is 0.220 e. The van der Waals surface area contributed by atoms with Crippen LogP contribution in [0.2, 0.25) is 0 Å². The Morgan fingerprint density at radius 3 is 2.30 bits per heavy atom. The maximum absolute atomic E-state index is 12.5. The Morgan fingerprint density at radius 1 is 0.967 bits per heavy atom. The Hall–Kier alpha value is -2.73. The topological polar surface area (TPSA) is 60.0 Å². The van der Waals surface area contributed by atoms with Crippen molar-refractivity contribution in [3.63, 3.8) is 0 Å². The number of piperidine rings is 1. The molecule has 1 aliphatic heterocycles. The van der Waals surface area contributed by atoms with Crippen LogP contribution in [-0.2, 0) is 17.8 Å². The molecule has 1 aliphatic rings. The van der Waals surface area contributed by atoms with Crippen molar-refractivity contribution in [1.29, 1.82) is 0 Å². The zero-order valence-electron chi connectivity index (χ0n) is 18.1. The van der Waals surface area contributed by atoms with Gasteiger partial charge in [-0.1, -0.05) is 36.4 Å². The quantitative estimate of drug-likeness (QED) is 0.684. The molecule has 0 radical (unpaired) electrons. The van der Waals surface area contributed by atoms with Gasteiger partial charge in [-0.3, -0.25) is 9.69 Å². The fraction of sp³-hybridized carbons (Fsp3) is 0.458. The number of ether oxygens (including phenoxy) is 3. The number of aryl methyl sites for hydroxylation is 1. The lowest BCUT2D eigenvalue weighted by molar-refractivity contribution is -0.122. The number of carbonyl (C=O) groups is 1. The SMILES string of the molecule is COc1ccc(CCC(=O)NC2CCN(Cc3ccccc3)CC2)c(OC)c1OC. The maximum atomic E-state index is 12.5.